The van der Waals surface area contributed by atoms with E-state index in [4.69, 9.17) is 19.2 Å². The van der Waals surface area contributed by atoms with Gasteiger partial charge in [0.15, 0.2) is 6.29 Å². The van der Waals surface area contributed by atoms with E-state index in [0.717, 1.165) is 58.7 Å². The van der Waals surface area contributed by atoms with Gasteiger partial charge in [-0.05, 0) is 54.3 Å². The number of hydrogen-bond donors (Lipinski definition) is 2. The molecule has 5 heterocycles. The highest BCUT2D eigenvalue weighted by Crippen LogP contribution is 2.31. The summed E-state index contributed by atoms with van der Waals surface area (Å²) in [7, 11) is 0. The number of anilines is 1. The van der Waals surface area contributed by atoms with E-state index >= 15 is 0 Å². The van der Waals surface area contributed by atoms with Gasteiger partial charge >= 0.3 is 5.97 Å². The summed E-state index contributed by atoms with van der Waals surface area (Å²) in [6, 6.07) is 11.3. The molecule has 3 aromatic heterocycles. The zero-order valence-electron chi connectivity index (χ0n) is 20.9. The van der Waals surface area contributed by atoms with Crippen molar-refractivity contribution in [2.45, 2.75) is 38.0 Å². The summed E-state index contributed by atoms with van der Waals surface area (Å²) < 4.78 is 18.9. The maximum Gasteiger partial charge on any atom is 0.305 e. The summed E-state index contributed by atoms with van der Waals surface area (Å²) in [5.41, 5.74) is 4.55. The van der Waals surface area contributed by atoms with Crippen LogP contribution in [0.4, 0.5) is 5.82 Å². The molecule has 1 fully saturated rings. The average Bonchev–Trinajstić information content (AvgIpc) is 3.62. The molecule has 2 aliphatic rings. The molecule has 1 atom stereocenters. The first kappa shape index (κ1) is 24.3. The first-order valence-corrected chi connectivity index (χ1v) is 12.9. The molecule has 38 heavy (non-hydrogen) atoms. The summed E-state index contributed by atoms with van der Waals surface area (Å²) in [5.74, 6) is 0.785. The Labute approximate surface area is 219 Å². The zero-order valence-corrected chi connectivity index (χ0v) is 20.9. The molecule has 6 rings (SSSR count). The molecule has 4 aromatic rings. The molecule has 0 saturated carbocycles. The van der Waals surface area contributed by atoms with E-state index in [1.807, 2.05) is 24.3 Å². The van der Waals surface area contributed by atoms with E-state index in [2.05, 4.69) is 27.5 Å². The largest absolute Gasteiger partial charge is 0.493 e. The van der Waals surface area contributed by atoms with Crippen molar-refractivity contribution in [3.05, 3.63) is 77.4 Å². The van der Waals surface area contributed by atoms with Crippen molar-refractivity contribution in [1.82, 2.24) is 19.7 Å². The molecular formula is C28H29N5O5. The van der Waals surface area contributed by atoms with E-state index in [9.17, 15) is 9.90 Å². The number of carboxylic acids is 1. The lowest BCUT2D eigenvalue weighted by atomic mass is 10.0. The minimum absolute atomic E-state index is 0.144. The van der Waals surface area contributed by atoms with Gasteiger partial charge in [-0.15, -0.1) is 0 Å². The Bertz CT molecular complexity index is 1450. The molecule has 1 saturated heterocycles. The lowest BCUT2D eigenvalue weighted by molar-refractivity contribution is -0.137. The monoisotopic (exact) mass is 515 g/mol. The van der Waals surface area contributed by atoms with Gasteiger partial charge in [-0.25, -0.2) is 4.98 Å². The predicted octanol–water partition coefficient (Wildman–Crippen LogP) is 3.92. The third kappa shape index (κ3) is 5.18. The number of aromatic nitrogens is 4. The summed E-state index contributed by atoms with van der Waals surface area (Å²) >= 11 is 0. The highest BCUT2D eigenvalue weighted by molar-refractivity contribution is 5.81. The maximum atomic E-state index is 11.8. The minimum atomic E-state index is -0.927. The second kappa shape index (κ2) is 10.8. The zero-order chi connectivity index (χ0) is 25.9. The molecule has 0 aliphatic carbocycles. The van der Waals surface area contributed by atoms with Crippen LogP contribution >= 0.6 is 0 Å². The van der Waals surface area contributed by atoms with E-state index in [-0.39, 0.29) is 6.42 Å². The Morgan fingerprint density at radius 3 is 2.92 bits per heavy atom. The van der Waals surface area contributed by atoms with Crippen molar-refractivity contribution in [3.63, 3.8) is 0 Å². The number of nitrogens with one attached hydrogen (secondary N) is 1. The number of aryl methyl sites for hydroxylation is 1. The fourth-order valence-corrected chi connectivity index (χ4v) is 5.00. The lowest BCUT2D eigenvalue weighted by Crippen LogP contribution is -2.17. The molecule has 0 amide bonds. The summed E-state index contributed by atoms with van der Waals surface area (Å²) in [4.78, 5) is 20.8. The van der Waals surface area contributed by atoms with Crippen LogP contribution in [-0.2, 0) is 27.1 Å². The van der Waals surface area contributed by atoms with Crippen molar-refractivity contribution in [3.8, 4) is 5.75 Å². The fraction of sp³-hybridized carbons (Fsp3) is 0.357. The second-order valence-electron chi connectivity index (χ2n) is 9.49. The Hall–Kier alpha value is -4.02. The topological polar surface area (TPSA) is 121 Å². The van der Waals surface area contributed by atoms with Gasteiger partial charge in [0.2, 0.25) is 0 Å². The fourth-order valence-electron chi connectivity index (χ4n) is 5.00. The van der Waals surface area contributed by atoms with E-state index in [1.54, 1.807) is 23.3 Å². The maximum absolute atomic E-state index is 11.8. The molecule has 10 nitrogen and oxygen atoms in total. The van der Waals surface area contributed by atoms with Gasteiger partial charge in [0.05, 0.1) is 44.0 Å². The third-order valence-electron chi connectivity index (χ3n) is 6.87. The number of ether oxygens (including phenoxy) is 3. The standard InChI is InChI=1S/C28H29N5O5/c34-26(35)14-25(19-12-21(16-29-15-19)28-37-10-11-38-28)33-24-6-5-23(13-20(24)17-31-33)36-9-7-22-4-3-18-2-1-8-30-27(18)32-22/h3-6,12-13,15-17,25,28H,1-2,7-11,14H2,(H,30,32)(H,34,35)/t25-/m0/s1. The Morgan fingerprint density at radius 2 is 2.05 bits per heavy atom. The van der Waals surface area contributed by atoms with Gasteiger partial charge in [-0.3, -0.25) is 14.5 Å². The van der Waals surface area contributed by atoms with Crippen LogP contribution in [-0.4, -0.2) is 57.2 Å². The number of benzene rings is 1. The van der Waals surface area contributed by atoms with Gasteiger partial charge in [0.25, 0.3) is 0 Å². The number of carbonyl (C=O) groups is 1. The lowest BCUT2D eigenvalue weighted by Gasteiger charge is -2.19. The van der Waals surface area contributed by atoms with Gasteiger partial charge in [0.1, 0.15) is 11.6 Å². The SMILES string of the molecule is O=C(O)C[C@@H](c1cncc(C2OCCO2)c1)n1ncc2cc(OCCc3ccc4c(n3)NCCC4)ccc21. The Balaban J connectivity index is 1.19. The van der Waals surface area contributed by atoms with E-state index in [1.165, 1.54) is 5.56 Å². The highest BCUT2D eigenvalue weighted by atomic mass is 16.7. The van der Waals surface area contributed by atoms with Crippen LogP contribution < -0.4 is 10.1 Å². The molecule has 10 heteroatoms. The van der Waals surface area contributed by atoms with Crippen LogP contribution in [0, 0.1) is 0 Å². The summed E-state index contributed by atoms with van der Waals surface area (Å²) in [5, 5.41) is 18.4. The van der Waals surface area contributed by atoms with Crippen LogP contribution in [0.5, 0.6) is 5.75 Å². The minimum Gasteiger partial charge on any atom is -0.493 e. The number of rotatable bonds is 9. The van der Waals surface area contributed by atoms with Crippen molar-refractivity contribution in [2.75, 3.05) is 31.7 Å². The normalized spacial score (nSPS) is 16.2. The van der Waals surface area contributed by atoms with Crippen LogP contribution in [0.2, 0.25) is 0 Å². The first-order valence-electron chi connectivity index (χ1n) is 12.9. The average molecular weight is 516 g/mol. The number of fused-ring (bicyclic) bond motifs is 2. The van der Waals surface area contributed by atoms with Crippen LogP contribution in [0.3, 0.4) is 0 Å². The Kier molecular flexibility index (Phi) is 6.89. The van der Waals surface area contributed by atoms with E-state index < -0.39 is 18.3 Å². The first-order chi connectivity index (χ1) is 18.6. The van der Waals surface area contributed by atoms with Crippen molar-refractivity contribution in [2.24, 2.45) is 0 Å². The van der Waals surface area contributed by atoms with Crippen molar-refractivity contribution >= 4 is 22.7 Å². The number of carboxylic acid groups (broad SMARTS) is 1. The molecular weight excluding hydrogens is 486 g/mol. The third-order valence-corrected chi connectivity index (χ3v) is 6.87. The van der Waals surface area contributed by atoms with Crippen LogP contribution in [0.25, 0.3) is 10.9 Å². The molecule has 0 spiro atoms. The molecule has 0 bridgehead atoms. The molecule has 0 radical (unpaired) electrons. The number of pyridine rings is 2. The van der Waals surface area contributed by atoms with Crippen LogP contribution in [0.1, 0.15) is 47.6 Å². The summed E-state index contributed by atoms with van der Waals surface area (Å²) in [6.07, 6.45) is 7.35. The van der Waals surface area contributed by atoms with Crippen LogP contribution in [0.15, 0.2) is 55.0 Å². The predicted molar refractivity (Wildman–Crippen MR) is 139 cm³/mol. The highest BCUT2D eigenvalue weighted by Gasteiger charge is 2.24. The second-order valence-corrected chi connectivity index (χ2v) is 9.49. The smallest absolute Gasteiger partial charge is 0.305 e. The summed E-state index contributed by atoms with van der Waals surface area (Å²) in [6.45, 7) is 2.49. The van der Waals surface area contributed by atoms with Gasteiger partial charge in [-0.1, -0.05) is 6.07 Å². The number of nitrogens with zero attached hydrogens (tertiary/aromatic N) is 4. The number of hydrogen-bond acceptors (Lipinski definition) is 8. The van der Waals surface area contributed by atoms with Gasteiger partial charge in [-0.2, -0.15) is 5.10 Å². The Morgan fingerprint density at radius 1 is 1.16 bits per heavy atom. The van der Waals surface area contributed by atoms with Gasteiger partial charge < -0.3 is 24.6 Å². The molecule has 0 unspecified atom stereocenters. The quantitative estimate of drug-likeness (QED) is 0.342. The molecule has 2 N–H and O–H groups in total. The van der Waals surface area contributed by atoms with Gasteiger partial charge in [0, 0.05) is 42.0 Å². The number of aliphatic carboxylic acids is 1. The molecule has 196 valence electrons. The van der Waals surface area contributed by atoms with Crippen molar-refractivity contribution in [1.29, 1.82) is 0 Å². The molecule has 2 aliphatic heterocycles. The van der Waals surface area contributed by atoms with Crippen molar-refractivity contribution < 1.29 is 24.1 Å². The molecule has 1 aromatic carbocycles. The van der Waals surface area contributed by atoms with E-state index in [0.29, 0.717) is 26.2 Å².